The molecule has 3 aromatic rings. The number of hydrogen-bond donors (Lipinski definition) is 2. The van der Waals surface area contributed by atoms with Crippen LogP contribution in [-0.2, 0) is 11.4 Å². The minimum Gasteiger partial charge on any atom is -0.496 e. The van der Waals surface area contributed by atoms with Gasteiger partial charge >= 0.3 is 0 Å². The van der Waals surface area contributed by atoms with Crippen molar-refractivity contribution in [1.82, 2.24) is 4.98 Å². The molecule has 0 saturated carbocycles. The Bertz CT molecular complexity index is 1260. The van der Waals surface area contributed by atoms with E-state index in [2.05, 4.69) is 16.4 Å². The van der Waals surface area contributed by atoms with Crippen molar-refractivity contribution in [2.45, 2.75) is 26.4 Å². The number of primary amides is 1. The van der Waals surface area contributed by atoms with E-state index in [4.69, 9.17) is 19.6 Å². The summed E-state index contributed by atoms with van der Waals surface area (Å²) in [4.78, 5) is 17.1. The van der Waals surface area contributed by atoms with E-state index in [0.717, 1.165) is 11.3 Å². The first kappa shape index (κ1) is 21.0. The number of methoxy groups -OCH3 is 1. The van der Waals surface area contributed by atoms with Gasteiger partial charge in [-0.25, -0.2) is 4.98 Å². The Kier molecular flexibility index (Phi) is 5.56. The Morgan fingerprint density at radius 3 is 2.81 bits per heavy atom. The Hall–Kier alpha value is -4.25. The Balaban J connectivity index is 1.93. The lowest BCUT2D eigenvalue weighted by Crippen LogP contribution is -2.28. The van der Waals surface area contributed by atoms with Crippen LogP contribution in [0.1, 0.15) is 40.9 Å². The smallest absolute Gasteiger partial charge is 0.247 e. The van der Waals surface area contributed by atoms with Crippen molar-refractivity contribution in [2.24, 2.45) is 5.73 Å². The Labute approximate surface area is 185 Å². The Morgan fingerprint density at radius 2 is 2.16 bits per heavy atom. The maximum absolute atomic E-state index is 12.6. The summed E-state index contributed by atoms with van der Waals surface area (Å²) in [5.41, 5.74) is 10.3. The van der Waals surface area contributed by atoms with Crippen molar-refractivity contribution in [3.63, 3.8) is 0 Å². The first-order valence-electron chi connectivity index (χ1n) is 9.94. The van der Waals surface area contributed by atoms with Gasteiger partial charge in [0.15, 0.2) is 0 Å². The molecule has 3 heterocycles. The molecular weight excluding hydrogens is 408 g/mol. The molecule has 8 heteroatoms. The largest absolute Gasteiger partial charge is 0.496 e. The minimum atomic E-state index is -0.606. The van der Waals surface area contributed by atoms with Crippen LogP contribution in [0.15, 0.2) is 58.5 Å². The van der Waals surface area contributed by atoms with Crippen LogP contribution in [0, 0.1) is 18.3 Å². The van der Waals surface area contributed by atoms with E-state index in [1.807, 2.05) is 6.92 Å². The van der Waals surface area contributed by atoms with E-state index in [1.165, 1.54) is 7.11 Å². The summed E-state index contributed by atoms with van der Waals surface area (Å²) in [5, 5.41) is 12.6. The molecule has 1 amide bonds. The lowest BCUT2D eigenvalue weighted by molar-refractivity contribution is -0.114. The number of pyridine rings is 1. The van der Waals surface area contributed by atoms with Gasteiger partial charge < -0.3 is 24.9 Å². The predicted molar refractivity (Wildman–Crippen MR) is 117 cm³/mol. The van der Waals surface area contributed by atoms with E-state index in [9.17, 15) is 10.1 Å². The maximum Gasteiger partial charge on any atom is 0.247 e. The molecule has 0 fully saturated rings. The molecule has 0 saturated heterocycles. The third kappa shape index (κ3) is 3.65. The molecule has 0 bridgehead atoms. The quantitative estimate of drug-likeness (QED) is 0.610. The number of fused-ring (bicyclic) bond motifs is 1. The van der Waals surface area contributed by atoms with Gasteiger partial charge in [0, 0.05) is 23.0 Å². The predicted octanol–water partition coefficient (Wildman–Crippen LogP) is 3.76. The maximum atomic E-state index is 12.6. The van der Waals surface area contributed by atoms with Crippen LogP contribution in [0.4, 0.5) is 5.69 Å². The van der Waals surface area contributed by atoms with Crippen LogP contribution >= 0.6 is 0 Å². The molecule has 8 nitrogen and oxygen atoms in total. The number of furan rings is 1. The normalized spacial score (nSPS) is 14.9. The van der Waals surface area contributed by atoms with Crippen molar-refractivity contribution in [3.05, 3.63) is 82.1 Å². The van der Waals surface area contributed by atoms with E-state index >= 15 is 0 Å². The zero-order chi connectivity index (χ0) is 22.8. The molecule has 1 aliphatic rings. The number of nitrogens with one attached hydrogen (secondary N) is 1. The molecule has 4 rings (SSSR count). The van der Waals surface area contributed by atoms with Gasteiger partial charge in [0.25, 0.3) is 0 Å². The second-order valence-electron chi connectivity index (χ2n) is 7.43. The molecule has 162 valence electrons. The molecule has 32 heavy (non-hydrogen) atoms. The SMILES string of the molecule is COc1cc(C#N)ccc1[C@H]1C(C(N)=O)=C(C)Nc2c(C)cnc(OCc3ccco3)c21. The van der Waals surface area contributed by atoms with Crippen LogP contribution < -0.4 is 20.5 Å². The summed E-state index contributed by atoms with van der Waals surface area (Å²) >= 11 is 0. The molecule has 1 aromatic carbocycles. The fourth-order valence-corrected chi connectivity index (χ4v) is 3.96. The van der Waals surface area contributed by atoms with Gasteiger partial charge in [0.1, 0.15) is 18.1 Å². The number of anilines is 1. The van der Waals surface area contributed by atoms with Crippen molar-refractivity contribution in [1.29, 1.82) is 5.26 Å². The zero-order valence-electron chi connectivity index (χ0n) is 17.9. The van der Waals surface area contributed by atoms with Crippen molar-refractivity contribution < 1.29 is 18.7 Å². The Morgan fingerprint density at radius 1 is 1.34 bits per heavy atom. The lowest BCUT2D eigenvalue weighted by Gasteiger charge is -2.32. The first-order chi connectivity index (χ1) is 15.4. The highest BCUT2D eigenvalue weighted by molar-refractivity contribution is 5.98. The average Bonchev–Trinajstić information content (AvgIpc) is 3.31. The molecule has 2 aromatic heterocycles. The van der Waals surface area contributed by atoms with Crippen molar-refractivity contribution in [2.75, 3.05) is 12.4 Å². The van der Waals surface area contributed by atoms with Crippen LogP contribution in [0.2, 0.25) is 0 Å². The molecular formula is C24H22N4O4. The van der Waals surface area contributed by atoms with E-state index < -0.39 is 11.8 Å². The number of carbonyl (C=O) groups is 1. The fraction of sp³-hybridized carbons (Fsp3) is 0.208. The van der Waals surface area contributed by atoms with E-state index in [0.29, 0.717) is 45.4 Å². The highest BCUT2D eigenvalue weighted by atomic mass is 16.5. The van der Waals surface area contributed by atoms with Crippen LogP contribution in [-0.4, -0.2) is 18.0 Å². The molecule has 1 atom stereocenters. The third-order valence-corrected chi connectivity index (χ3v) is 5.43. The van der Waals surface area contributed by atoms with E-state index in [1.54, 1.807) is 49.7 Å². The number of hydrogen-bond acceptors (Lipinski definition) is 7. The lowest BCUT2D eigenvalue weighted by atomic mass is 9.79. The number of nitriles is 1. The van der Waals surface area contributed by atoms with Gasteiger partial charge in [-0.1, -0.05) is 6.07 Å². The summed E-state index contributed by atoms with van der Waals surface area (Å²) in [5.74, 6) is 0.268. The van der Waals surface area contributed by atoms with Gasteiger partial charge in [-0.3, -0.25) is 4.79 Å². The van der Waals surface area contributed by atoms with Gasteiger partial charge in [0.05, 0.1) is 42.2 Å². The second kappa shape index (κ2) is 8.47. The van der Waals surface area contributed by atoms with Crippen LogP contribution in [0.3, 0.4) is 0 Å². The molecule has 1 aliphatic heterocycles. The summed E-state index contributed by atoms with van der Waals surface area (Å²) in [6, 6.07) is 10.8. The summed E-state index contributed by atoms with van der Waals surface area (Å²) in [6.07, 6.45) is 3.28. The number of nitrogens with two attached hydrogens (primary N) is 1. The number of aryl methyl sites for hydroxylation is 1. The number of carbonyl (C=O) groups excluding carboxylic acids is 1. The zero-order valence-corrected chi connectivity index (χ0v) is 17.9. The van der Waals surface area contributed by atoms with Gasteiger partial charge in [-0.05, 0) is 43.7 Å². The number of amides is 1. The summed E-state index contributed by atoms with van der Waals surface area (Å²) in [6.45, 7) is 3.89. The molecule has 0 unspecified atom stereocenters. The average molecular weight is 430 g/mol. The monoisotopic (exact) mass is 430 g/mol. The second-order valence-corrected chi connectivity index (χ2v) is 7.43. The van der Waals surface area contributed by atoms with Gasteiger partial charge in [0.2, 0.25) is 11.8 Å². The first-order valence-corrected chi connectivity index (χ1v) is 9.94. The number of aromatic nitrogens is 1. The van der Waals surface area contributed by atoms with Crippen LogP contribution in [0.25, 0.3) is 0 Å². The highest BCUT2D eigenvalue weighted by Gasteiger charge is 2.37. The number of nitrogens with zero attached hydrogens (tertiary/aromatic N) is 2. The number of rotatable bonds is 6. The third-order valence-electron chi connectivity index (χ3n) is 5.43. The molecule has 0 spiro atoms. The fourth-order valence-electron chi connectivity index (χ4n) is 3.96. The van der Waals surface area contributed by atoms with E-state index in [-0.39, 0.29) is 6.61 Å². The van der Waals surface area contributed by atoms with Crippen LogP contribution in [0.5, 0.6) is 11.6 Å². The van der Waals surface area contributed by atoms with Gasteiger partial charge in [-0.15, -0.1) is 0 Å². The molecule has 0 aliphatic carbocycles. The summed E-state index contributed by atoms with van der Waals surface area (Å²) in [7, 11) is 1.52. The molecule has 3 N–H and O–H groups in total. The summed E-state index contributed by atoms with van der Waals surface area (Å²) < 4.78 is 17.0. The number of ether oxygens (including phenoxy) is 2. The highest BCUT2D eigenvalue weighted by Crippen LogP contribution is 2.48. The van der Waals surface area contributed by atoms with Crippen molar-refractivity contribution in [3.8, 4) is 17.7 Å². The standard InChI is InChI=1S/C24H22N4O4/c1-13-11-27-24(32-12-16-5-4-8-31-16)21-20(19(23(26)29)14(2)28-22(13)21)17-7-6-15(10-25)9-18(17)30-3/h4-9,11,20,28H,12H2,1-3H3,(H2,26,29)/t20-/m0/s1. The topological polar surface area (TPSA) is 123 Å². The van der Waals surface area contributed by atoms with Crippen molar-refractivity contribution >= 4 is 11.6 Å². The number of benzene rings is 1. The minimum absolute atomic E-state index is 0.168. The molecule has 0 radical (unpaired) electrons. The number of allylic oxidation sites excluding steroid dienone is 1. The van der Waals surface area contributed by atoms with Gasteiger partial charge in [-0.2, -0.15) is 5.26 Å².